The summed E-state index contributed by atoms with van der Waals surface area (Å²) in [5.74, 6) is -6.12. The molecule has 2 aromatic carbocycles. The quantitative estimate of drug-likeness (QED) is 0.0516. The standard InChI is InChI=1S/C49H67N15O9/c1-2-3-15-34(62-49(53)73)42(67)60-36-23-40(65)55-18-9-8-16-33(41(50)66)58-44(69)38-20-28-11-4-6-13-30(28)25-63(38)46(71)35(17-10-19-56-48(51)52)59-45(70)39-21-29-12-5-7-14-31(29)26-64(39)47(72)37(61-43(36)68)22-32-24-54-27-57-32/h4-7,11-14,24,27,33-39H,2-3,8-10,15-23,25-26H2,1H3,(H2,50,66)(H,54,57)(H,55,65)(H,58,69)(H,59,70)(H,60,67)(H,61,68)(H4,51,52,56)(H3,53,62,73)/t33-,34-,35-,36-,37-,38-,39+/m0/s1. The number of primary amides is 2. The highest BCUT2D eigenvalue weighted by molar-refractivity contribution is 5.99. The van der Waals surface area contributed by atoms with E-state index in [1.807, 2.05) is 37.3 Å². The van der Waals surface area contributed by atoms with Crippen LogP contribution in [0.2, 0.25) is 0 Å². The lowest BCUT2D eigenvalue weighted by molar-refractivity contribution is -0.148. The molecule has 10 amide bonds. The number of nitrogens with zero attached hydrogens (tertiary/aromatic N) is 4. The van der Waals surface area contributed by atoms with Crippen LogP contribution >= 0.6 is 0 Å². The summed E-state index contributed by atoms with van der Waals surface area (Å²) in [6.45, 7) is 1.90. The number of hydrogen-bond acceptors (Lipinski definition) is 11. The summed E-state index contributed by atoms with van der Waals surface area (Å²) in [4.78, 5) is 140. The van der Waals surface area contributed by atoms with Gasteiger partial charge in [0.05, 0.1) is 12.7 Å². The third kappa shape index (κ3) is 15.0. The minimum Gasteiger partial charge on any atom is -0.370 e. The molecular formula is C49H67N15O9. The number of aromatic amines is 1. The Labute approximate surface area is 422 Å². The maximum absolute atomic E-state index is 15.2. The van der Waals surface area contributed by atoms with E-state index < -0.39 is 102 Å². The van der Waals surface area contributed by atoms with Gasteiger partial charge in [0.25, 0.3) is 0 Å². The normalized spacial score (nSPS) is 22.8. The molecule has 24 nitrogen and oxygen atoms in total. The fraction of sp³-hybridized carbons (Fsp3) is 0.490. The monoisotopic (exact) mass is 1010 g/mol. The van der Waals surface area contributed by atoms with Gasteiger partial charge in [0, 0.05) is 57.3 Å². The van der Waals surface area contributed by atoms with Crippen LogP contribution in [0.1, 0.15) is 92.7 Å². The maximum atomic E-state index is 15.2. The van der Waals surface area contributed by atoms with Gasteiger partial charge in [-0.2, -0.15) is 0 Å². The molecule has 1 saturated heterocycles. The van der Waals surface area contributed by atoms with Gasteiger partial charge in [-0.25, -0.2) is 9.78 Å². The number of urea groups is 1. The Hall–Kier alpha value is -8.05. The number of aromatic nitrogens is 2. The highest BCUT2D eigenvalue weighted by Crippen LogP contribution is 2.28. The molecule has 15 N–H and O–H groups in total. The summed E-state index contributed by atoms with van der Waals surface area (Å²) in [6.07, 6.45) is 4.30. The van der Waals surface area contributed by atoms with Crippen LogP contribution in [0.5, 0.6) is 0 Å². The number of aliphatic imine (C=N–C) groups is 1. The van der Waals surface area contributed by atoms with Gasteiger partial charge in [-0.1, -0.05) is 68.3 Å². The first-order valence-electron chi connectivity index (χ1n) is 24.6. The predicted octanol–water partition coefficient (Wildman–Crippen LogP) is -1.75. The number of rotatable bonds is 13. The van der Waals surface area contributed by atoms with Crippen molar-refractivity contribution in [1.82, 2.24) is 51.7 Å². The van der Waals surface area contributed by atoms with Crippen LogP contribution in [0.4, 0.5) is 4.79 Å². The molecule has 4 heterocycles. The van der Waals surface area contributed by atoms with E-state index in [0.717, 1.165) is 16.7 Å². The zero-order valence-corrected chi connectivity index (χ0v) is 40.9. The molecule has 3 aliphatic heterocycles. The first kappa shape index (κ1) is 54.3. The van der Waals surface area contributed by atoms with Crippen molar-refractivity contribution in [2.45, 2.75) is 139 Å². The number of fused-ring (bicyclic) bond motifs is 4. The van der Waals surface area contributed by atoms with E-state index in [4.69, 9.17) is 22.9 Å². The van der Waals surface area contributed by atoms with Crippen LogP contribution in [-0.4, -0.2) is 134 Å². The topological polar surface area (TPSA) is 377 Å². The predicted molar refractivity (Wildman–Crippen MR) is 266 cm³/mol. The van der Waals surface area contributed by atoms with E-state index in [9.17, 15) is 28.8 Å². The molecule has 6 rings (SSSR count). The van der Waals surface area contributed by atoms with Crippen LogP contribution in [0.15, 0.2) is 66.0 Å². The molecule has 0 aliphatic carbocycles. The van der Waals surface area contributed by atoms with Gasteiger partial charge in [-0.3, -0.25) is 43.3 Å². The van der Waals surface area contributed by atoms with Crippen LogP contribution < -0.4 is 54.8 Å². The summed E-state index contributed by atoms with van der Waals surface area (Å²) in [7, 11) is 0. The third-order valence-corrected chi connectivity index (χ3v) is 13.2. The molecule has 0 radical (unpaired) electrons. The van der Waals surface area contributed by atoms with Gasteiger partial charge < -0.3 is 69.6 Å². The highest BCUT2D eigenvalue weighted by atomic mass is 16.2. The Morgan fingerprint density at radius 3 is 1.95 bits per heavy atom. The van der Waals surface area contributed by atoms with Gasteiger partial charge >= 0.3 is 6.03 Å². The van der Waals surface area contributed by atoms with Crippen LogP contribution in [-0.2, 0) is 70.7 Å². The molecule has 0 saturated carbocycles. The molecule has 7 atom stereocenters. The number of amides is 10. The maximum Gasteiger partial charge on any atom is 0.312 e. The number of imidazole rings is 1. The van der Waals surface area contributed by atoms with Crippen molar-refractivity contribution in [3.63, 3.8) is 0 Å². The second-order valence-electron chi connectivity index (χ2n) is 18.5. The van der Waals surface area contributed by atoms with Crippen molar-refractivity contribution in [3.8, 4) is 0 Å². The number of hydrogen-bond donors (Lipinski definition) is 11. The Bertz CT molecular complexity index is 2520. The van der Waals surface area contributed by atoms with E-state index in [2.05, 4.69) is 46.9 Å². The molecule has 392 valence electrons. The molecule has 3 aliphatic rings. The van der Waals surface area contributed by atoms with Gasteiger partial charge in [0.15, 0.2) is 5.96 Å². The van der Waals surface area contributed by atoms with E-state index in [-0.39, 0.29) is 83.5 Å². The lowest BCUT2D eigenvalue weighted by Crippen LogP contribution is -2.63. The summed E-state index contributed by atoms with van der Waals surface area (Å²) in [5, 5.41) is 16.1. The molecule has 24 heteroatoms. The Morgan fingerprint density at radius 2 is 1.37 bits per heavy atom. The molecule has 0 bridgehead atoms. The molecule has 1 fully saturated rings. The lowest BCUT2D eigenvalue weighted by Gasteiger charge is -2.40. The Balaban J connectivity index is 1.41. The van der Waals surface area contributed by atoms with Gasteiger partial charge in [0.2, 0.25) is 47.3 Å². The average molecular weight is 1010 g/mol. The fourth-order valence-corrected chi connectivity index (χ4v) is 9.34. The number of carbonyl (C=O) groups excluding carboxylic acids is 9. The van der Waals surface area contributed by atoms with Crippen LogP contribution in [0, 0.1) is 0 Å². The summed E-state index contributed by atoms with van der Waals surface area (Å²) in [5.41, 5.74) is 25.9. The largest absolute Gasteiger partial charge is 0.370 e. The lowest BCUT2D eigenvalue weighted by atomic mass is 9.91. The van der Waals surface area contributed by atoms with Crippen molar-refractivity contribution in [2.75, 3.05) is 13.1 Å². The van der Waals surface area contributed by atoms with E-state index >= 15 is 14.4 Å². The smallest absolute Gasteiger partial charge is 0.312 e. The number of nitrogens with one attached hydrogen (secondary N) is 7. The minimum absolute atomic E-state index is 0.00162. The van der Waals surface area contributed by atoms with Crippen molar-refractivity contribution < 1.29 is 43.2 Å². The highest BCUT2D eigenvalue weighted by Gasteiger charge is 2.43. The van der Waals surface area contributed by atoms with Crippen molar-refractivity contribution in [3.05, 3.63) is 89.0 Å². The summed E-state index contributed by atoms with van der Waals surface area (Å²) < 4.78 is 0. The van der Waals surface area contributed by atoms with Gasteiger partial charge in [-0.15, -0.1) is 0 Å². The molecule has 0 spiro atoms. The minimum atomic E-state index is -1.60. The number of nitrogens with two attached hydrogens (primary N) is 4. The van der Waals surface area contributed by atoms with Crippen LogP contribution in [0.3, 0.4) is 0 Å². The SMILES string of the molecule is CCCC[C@H](NC(N)=O)C(=O)N[C@H]1CC(=O)NCCCC[C@@H](C(N)=O)NC(=O)[C@@H]2Cc3ccccc3CN2C(=O)[C@H](CCCN=C(N)N)NC(=O)[C@H]2Cc3ccccc3CN2C(=O)[C@H](Cc2cnc[nH]2)NC1=O. The van der Waals surface area contributed by atoms with Gasteiger partial charge in [0.1, 0.15) is 42.3 Å². The molecule has 73 heavy (non-hydrogen) atoms. The second-order valence-corrected chi connectivity index (χ2v) is 18.5. The summed E-state index contributed by atoms with van der Waals surface area (Å²) >= 11 is 0. The average Bonchev–Trinajstić information content (AvgIpc) is 3.89. The zero-order valence-electron chi connectivity index (χ0n) is 40.9. The number of carbonyl (C=O) groups is 9. The fourth-order valence-electron chi connectivity index (χ4n) is 9.34. The summed E-state index contributed by atoms with van der Waals surface area (Å²) in [6, 6.07) is 4.46. The zero-order chi connectivity index (χ0) is 52.6. The van der Waals surface area contributed by atoms with E-state index in [1.54, 1.807) is 18.2 Å². The van der Waals surface area contributed by atoms with Crippen molar-refractivity contribution >= 4 is 59.2 Å². The van der Waals surface area contributed by atoms with Crippen molar-refractivity contribution in [2.24, 2.45) is 27.9 Å². The first-order chi connectivity index (χ1) is 35.0. The second kappa shape index (κ2) is 25.9. The molecule has 3 aromatic rings. The van der Waals surface area contributed by atoms with Crippen molar-refractivity contribution in [1.29, 1.82) is 0 Å². The van der Waals surface area contributed by atoms with E-state index in [0.29, 0.717) is 30.5 Å². The number of H-pyrrole nitrogens is 1. The number of guanidine groups is 1. The Kier molecular flexibility index (Phi) is 19.2. The van der Waals surface area contributed by atoms with Crippen LogP contribution in [0.25, 0.3) is 0 Å². The molecule has 0 unspecified atom stereocenters. The van der Waals surface area contributed by atoms with Gasteiger partial charge in [-0.05, 0) is 60.8 Å². The third-order valence-electron chi connectivity index (χ3n) is 13.2. The Morgan fingerprint density at radius 1 is 0.767 bits per heavy atom. The number of benzene rings is 2. The molecule has 1 aromatic heterocycles. The first-order valence-corrected chi connectivity index (χ1v) is 24.6. The van der Waals surface area contributed by atoms with E-state index in [1.165, 1.54) is 22.3 Å². The molecular weight excluding hydrogens is 943 g/mol. The number of unbranched alkanes of at least 4 members (excludes halogenated alkanes) is 1.